The van der Waals surface area contributed by atoms with Gasteiger partial charge >= 0.3 is 6.09 Å². The lowest BCUT2D eigenvalue weighted by Gasteiger charge is -2.21. The van der Waals surface area contributed by atoms with Crippen LogP contribution >= 0.6 is 0 Å². The molecular formula is C18H24N2O3. The molecule has 0 spiro atoms. The van der Waals surface area contributed by atoms with E-state index >= 15 is 0 Å². The number of amides is 2. The maximum atomic E-state index is 12.2. The smallest absolute Gasteiger partial charge is 0.414 e. The third-order valence-electron chi connectivity index (χ3n) is 4.76. The summed E-state index contributed by atoms with van der Waals surface area (Å²) in [5.74, 6) is 0.726. The van der Waals surface area contributed by atoms with Gasteiger partial charge in [0.15, 0.2) is 0 Å². The molecule has 0 radical (unpaired) electrons. The lowest BCUT2D eigenvalue weighted by atomic mass is 9.87. The summed E-state index contributed by atoms with van der Waals surface area (Å²) in [7, 11) is 0. The third kappa shape index (κ3) is 4.03. The average molecular weight is 316 g/mol. The number of carbonyl (C=O) groups is 2. The summed E-state index contributed by atoms with van der Waals surface area (Å²) < 4.78 is 4.92. The van der Waals surface area contributed by atoms with Crippen molar-refractivity contribution in [1.29, 1.82) is 0 Å². The molecule has 5 nitrogen and oxygen atoms in total. The van der Waals surface area contributed by atoms with E-state index in [9.17, 15) is 9.59 Å². The third-order valence-corrected chi connectivity index (χ3v) is 4.76. The standard InChI is InChI=1S/C18H24N2O3/c21-17(19-11-10-14-4-2-1-3-5-14)15-6-8-16(9-7-15)20-12-13-23-18(20)22/h6-9,14H,1-5,10-13H2,(H,19,21). The molecule has 0 unspecified atom stereocenters. The number of anilines is 1. The number of hydrogen-bond acceptors (Lipinski definition) is 3. The Hall–Kier alpha value is -2.04. The van der Waals surface area contributed by atoms with Crippen LogP contribution in [0, 0.1) is 5.92 Å². The van der Waals surface area contributed by atoms with Crippen LogP contribution in [0.2, 0.25) is 0 Å². The highest BCUT2D eigenvalue weighted by Gasteiger charge is 2.23. The average Bonchev–Trinajstić information content (AvgIpc) is 3.02. The molecule has 124 valence electrons. The molecule has 1 aliphatic heterocycles. The molecule has 1 aliphatic carbocycles. The van der Waals surface area contributed by atoms with Gasteiger partial charge in [0.05, 0.1) is 6.54 Å². The zero-order valence-electron chi connectivity index (χ0n) is 13.4. The molecule has 0 atom stereocenters. The van der Waals surface area contributed by atoms with Crippen molar-refractivity contribution >= 4 is 17.7 Å². The second-order valence-electron chi connectivity index (χ2n) is 6.36. The fourth-order valence-corrected chi connectivity index (χ4v) is 3.39. The predicted octanol–water partition coefficient (Wildman–Crippen LogP) is 3.34. The fourth-order valence-electron chi connectivity index (χ4n) is 3.39. The molecule has 2 amide bonds. The van der Waals surface area contributed by atoms with Crippen molar-refractivity contribution in [3.63, 3.8) is 0 Å². The van der Waals surface area contributed by atoms with E-state index in [1.165, 1.54) is 32.1 Å². The molecule has 2 fully saturated rings. The number of nitrogens with zero attached hydrogens (tertiary/aromatic N) is 1. The monoisotopic (exact) mass is 316 g/mol. The van der Waals surface area contributed by atoms with Crippen molar-refractivity contribution in [1.82, 2.24) is 5.32 Å². The number of ether oxygens (including phenoxy) is 1. The van der Waals surface area contributed by atoms with E-state index in [0.29, 0.717) is 18.7 Å². The Morgan fingerprint density at radius 2 is 1.91 bits per heavy atom. The molecule has 1 aromatic rings. The second-order valence-corrected chi connectivity index (χ2v) is 6.36. The molecule has 23 heavy (non-hydrogen) atoms. The minimum Gasteiger partial charge on any atom is -0.447 e. The van der Waals surface area contributed by atoms with Crippen molar-refractivity contribution in [2.45, 2.75) is 38.5 Å². The molecule has 1 saturated carbocycles. The Morgan fingerprint density at radius 1 is 1.17 bits per heavy atom. The lowest BCUT2D eigenvalue weighted by Crippen LogP contribution is -2.27. The summed E-state index contributed by atoms with van der Waals surface area (Å²) in [4.78, 5) is 25.3. The lowest BCUT2D eigenvalue weighted by molar-refractivity contribution is 0.0950. The first-order valence-corrected chi connectivity index (χ1v) is 8.56. The minimum absolute atomic E-state index is 0.0450. The number of rotatable bonds is 5. The molecular weight excluding hydrogens is 292 g/mol. The zero-order chi connectivity index (χ0) is 16.1. The first-order chi connectivity index (χ1) is 11.2. The Morgan fingerprint density at radius 3 is 2.57 bits per heavy atom. The summed E-state index contributed by atoms with van der Waals surface area (Å²) in [6.45, 7) is 1.72. The highest BCUT2D eigenvalue weighted by Crippen LogP contribution is 2.25. The van der Waals surface area contributed by atoms with Crippen LogP contribution in [-0.4, -0.2) is 31.7 Å². The van der Waals surface area contributed by atoms with Gasteiger partial charge in [-0.1, -0.05) is 32.1 Å². The number of nitrogens with one attached hydrogen (secondary N) is 1. The van der Waals surface area contributed by atoms with Crippen LogP contribution in [0.25, 0.3) is 0 Å². The van der Waals surface area contributed by atoms with Crippen molar-refractivity contribution in [2.75, 3.05) is 24.6 Å². The summed E-state index contributed by atoms with van der Waals surface area (Å²) in [6.07, 6.45) is 7.38. The van der Waals surface area contributed by atoms with Gasteiger partial charge in [0, 0.05) is 17.8 Å². The minimum atomic E-state index is -0.324. The Kier molecular flexibility index (Phi) is 5.16. The van der Waals surface area contributed by atoms with Crippen molar-refractivity contribution in [2.24, 2.45) is 5.92 Å². The van der Waals surface area contributed by atoms with Crippen molar-refractivity contribution < 1.29 is 14.3 Å². The Bertz CT molecular complexity index is 550. The number of benzene rings is 1. The van der Waals surface area contributed by atoms with Gasteiger partial charge in [-0.25, -0.2) is 4.79 Å². The summed E-state index contributed by atoms with van der Waals surface area (Å²) in [5.41, 5.74) is 1.40. The first kappa shape index (κ1) is 15.8. The van der Waals surface area contributed by atoms with Gasteiger partial charge in [-0.05, 0) is 36.6 Å². The van der Waals surface area contributed by atoms with Crippen LogP contribution < -0.4 is 10.2 Å². The Balaban J connectivity index is 1.48. The van der Waals surface area contributed by atoms with Crippen LogP contribution in [-0.2, 0) is 4.74 Å². The van der Waals surface area contributed by atoms with E-state index in [2.05, 4.69) is 5.32 Å². The van der Waals surface area contributed by atoms with Gasteiger partial charge in [0.1, 0.15) is 6.61 Å². The molecule has 3 rings (SSSR count). The van der Waals surface area contributed by atoms with Crippen molar-refractivity contribution in [3.05, 3.63) is 29.8 Å². The highest BCUT2D eigenvalue weighted by molar-refractivity contribution is 5.95. The van der Waals surface area contributed by atoms with E-state index in [-0.39, 0.29) is 12.0 Å². The highest BCUT2D eigenvalue weighted by atomic mass is 16.6. The molecule has 0 aromatic heterocycles. The van der Waals surface area contributed by atoms with Gasteiger partial charge < -0.3 is 10.1 Å². The molecule has 2 aliphatic rings. The largest absolute Gasteiger partial charge is 0.447 e. The summed E-state index contributed by atoms with van der Waals surface area (Å²) in [6, 6.07) is 7.11. The zero-order valence-corrected chi connectivity index (χ0v) is 13.4. The second kappa shape index (κ2) is 7.49. The maximum absolute atomic E-state index is 12.2. The molecule has 0 bridgehead atoms. The van der Waals surface area contributed by atoms with Gasteiger partial charge in [-0.3, -0.25) is 9.69 Å². The molecule has 1 N–H and O–H groups in total. The molecule has 1 saturated heterocycles. The predicted molar refractivity (Wildman–Crippen MR) is 88.7 cm³/mol. The van der Waals surface area contributed by atoms with Gasteiger partial charge in [0.2, 0.25) is 0 Å². The first-order valence-electron chi connectivity index (χ1n) is 8.56. The van der Waals surface area contributed by atoms with Crippen LogP contribution in [0.1, 0.15) is 48.9 Å². The molecule has 1 heterocycles. The van der Waals surface area contributed by atoms with Crippen LogP contribution in [0.3, 0.4) is 0 Å². The number of cyclic esters (lactones) is 1. The quantitative estimate of drug-likeness (QED) is 0.906. The van der Waals surface area contributed by atoms with Crippen LogP contribution in [0.4, 0.5) is 10.5 Å². The number of carbonyl (C=O) groups excluding carboxylic acids is 2. The van der Waals surface area contributed by atoms with Crippen LogP contribution in [0.5, 0.6) is 0 Å². The van der Waals surface area contributed by atoms with Crippen LogP contribution in [0.15, 0.2) is 24.3 Å². The Labute approximate surface area is 137 Å². The van der Waals surface area contributed by atoms with Gasteiger partial charge in [-0.2, -0.15) is 0 Å². The topological polar surface area (TPSA) is 58.6 Å². The maximum Gasteiger partial charge on any atom is 0.414 e. The summed E-state index contributed by atoms with van der Waals surface area (Å²) in [5, 5.41) is 3.00. The van der Waals surface area contributed by atoms with E-state index in [1.54, 1.807) is 29.2 Å². The van der Waals surface area contributed by atoms with Gasteiger partial charge in [-0.15, -0.1) is 0 Å². The van der Waals surface area contributed by atoms with E-state index < -0.39 is 0 Å². The van der Waals surface area contributed by atoms with Gasteiger partial charge in [0.25, 0.3) is 5.91 Å². The fraction of sp³-hybridized carbons (Fsp3) is 0.556. The van der Waals surface area contributed by atoms with E-state index in [1.807, 2.05) is 0 Å². The molecule has 5 heteroatoms. The van der Waals surface area contributed by atoms with E-state index in [0.717, 1.165) is 24.6 Å². The normalized spacial score (nSPS) is 18.8. The SMILES string of the molecule is O=C(NCCC1CCCCC1)c1ccc(N2CCOC2=O)cc1. The summed E-state index contributed by atoms with van der Waals surface area (Å²) >= 11 is 0. The van der Waals surface area contributed by atoms with E-state index in [4.69, 9.17) is 4.74 Å². The number of hydrogen-bond donors (Lipinski definition) is 1. The molecule has 1 aromatic carbocycles. The van der Waals surface area contributed by atoms with Crippen molar-refractivity contribution in [3.8, 4) is 0 Å².